The van der Waals surface area contributed by atoms with Gasteiger partial charge in [-0.15, -0.1) is 11.3 Å². The molecule has 6 heteroatoms. The van der Waals surface area contributed by atoms with Crippen molar-refractivity contribution in [1.82, 2.24) is 15.8 Å². The summed E-state index contributed by atoms with van der Waals surface area (Å²) in [5.41, 5.74) is 3.19. The van der Waals surface area contributed by atoms with Gasteiger partial charge in [0, 0.05) is 24.0 Å². The molecule has 0 atom stereocenters. The highest BCUT2D eigenvalue weighted by atomic mass is 32.1. The van der Waals surface area contributed by atoms with E-state index in [0.29, 0.717) is 6.54 Å². The number of urea groups is 1. The summed E-state index contributed by atoms with van der Waals surface area (Å²) in [6, 6.07) is -0.333. The van der Waals surface area contributed by atoms with Crippen molar-refractivity contribution in [1.29, 1.82) is 0 Å². The molecule has 1 aromatic heterocycles. The molecule has 0 radical (unpaired) electrons. The summed E-state index contributed by atoms with van der Waals surface area (Å²) in [7, 11) is 1.39. The van der Waals surface area contributed by atoms with E-state index < -0.39 is 0 Å². The number of carbonyl (C=O) groups excluding carboxylic acids is 1. The van der Waals surface area contributed by atoms with Crippen molar-refractivity contribution in [2.24, 2.45) is 0 Å². The molecule has 78 valence electrons. The first-order chi connectivity index (χ1) is 6.72. The fourth-order valence-electron chi connectivity index (χ4n) is 0.929. The topological polar surface area (TPSA) is 63.2 Å². The predicted molar refractivity (Wildman–Crippen MR) is 54.1 cm³/mol. The zero-order valence-corrected chi connectivity index (χ0v) is 8.98. The third kappa shape index (κ3) is 3.71. The van der Waals surface area contributed by atoms with Gasteiger partial charge in [-0.2, -0.15) is 0 Å². The van der Waals surface area contributed by atoms with Crippen LogP contribution >= 0.6 is 11.3 Å². The van der Waals surface area contributed by atoms with E-state index >= 15 is 0 Å². The summed E-state index contributed by atoms with van der Waals surface area (Å²) in [6.45, 7) is 2.51. The van der Waals surface area contributed by atoms with Gasteiger partial charge in [0.15, 0.2) is 0 Å². The maximum Gasteiger partial charge on any atom is 0.338 e. The zero-order valence-electron chi connectivity index (χ0n) is 8.16. The van der Waals surface area contributed by atoms with Crippen LogP contribution in [0.5, 0.6) is 0 Å². The quantitative estimate of drug-likeness (QED) is 0.732. The van der Waals surface area contributed by atoms with Crippen molar-refractivity contribution < 1.29 is 9.63 Å². The van der Waals surface area contributed by atoms with Gasteiger partial charge in [-0.1, -0.05) is 0 Å². The van der Waals surface area contributed by atoms with Crippen molar-refractivity contribution in [3.05, 3.63) is 16.1 Å². The number of thiazole rings is 1. The molecule has 0 unspecified atom stereocenters. The van der Waals surface area contributed by atoms with Gasteiger partial charge in [0.2, 0.25) is 0 Å². The van der Waals surface area contributed by atoms with E-state index in [9.17, 15) is 4.79 Å². The van der Waals surface area contributed by atoms with E-state index in [0.717, 1.165) is 17.1 Å². The van der Waals surface area contributed by atoms with Crippen LogP contribution in [0.3, 0.4) is 0 Å². The summed E-state index contributed by atoms with van der Waals surface area (Å²) in [6.07, 6.45) is 0.746. The molecule has 14 heavy (non-hydrogen) atoms. The summed E-state index contributed by atoms with van der Waals surface area (Å²) in [5, 5.41) is 5.65. The lowest BCUT2D eigenvalue weighted by atomic mass is 10.4. The van der Waals surface area contributed by atoms with Crippen LogP contribution in [-0.2, 0) is 11.3 Å². The Balaban J connectivity index is 2.18. The Labute approximate surface area is 86.4 Å². The minimum atomic E-state index is -0.333. The van der Waals surface area contributed by atoms with Gasteiger partial charge >= 0.3 is 6.03 Å². The normalized spacial score (nSPS) is 9.86. The molecule has 0 spiro atoms. The van der Waals surface area contributed by atoms with Gasteiger partial charge in [0.25, 0.3) is 0 Å². The molecule has 0 aliphatic carbocycles. The first-order valence-electron chi connectivity index (χ1n) is 4.20. The van der Waals surface area contributed by atoms with E-state index in [-0.39, 0.29) is 6.03 Å². The Morgan fingerprint density at radius 2 is 2.50 bits per heavy atom. The van der Waals surface area contributed by atoms with E-state index in [1.54, 1.807) is 11.3 Å². The monoisotopic (exact) mass is 215 g/mol. The highest BCUT2D eigenvalue weighted by molar-refractivity contribution is 7.09. The Morgan fingerprint density at radius 1 is 1.71 bits per heavy atom. The van der Waals surface area contributed by atoms with Crippen LogP contribution in [-0.4, -0.2) is 24.7 Å². The molecule has 2 amide bonds. The van der Waals surface area contributed by atoms with Crippen LogP contribution in [0.4, 0.5) is 4.79 Å². The second-order valence-electron chi connectivity index (χ2n) is 2.69. The second-order valence-corrected chi connectivity index (χ2v) is 3.64. The van der Waals surface area contributed by atoms with Crippen LogP contribution in [0.2, 0.25) is 0 Å². The molecule has 0 fully saturated rings. The fraction of sp³-hybridized carbons (Fsp3) is 0.500. The molecule has 1 aromatic rings. The van der Waals surface area contributed by atoms with Gasteiger partial charge < -0.3 is 5.32 Å². The van der Waals surface area contributed by atoms with Crippen LogP contribution < -0.4 is 10.8 Å². The standard InChI is InChI=1S/C8H13N3O2S/c1-6-5-14-7(10-6)3-4-9-8(12)11-13-2/h5H,3-4H2,1-2H3,(H2,9,11,12). The maximum atomic E-state index is 10.9. The van der Waals surface area contributed by atoms with Crippen LogP contribution in [0.25, 0.3) is 0 Å². The Hall–Kier alpha value is -1.14. The molecule has 1 heterocycles. The Kier molecular flexibility index (Phi) is 4.34. The average molecular weight is 215 g/mol. The largest absolute Gasteiger partial charge is 0.338 e. The molecule has 0 saturated heterocycles. The summed E-state index contributed by atoms with van der Waals surface area (Å²) in [4.78, 5) is 19.6. The fourth-order valence-corrected chi connectivity index (χ4v) is 1.71. The highest BCUT2D eigenvalue weighted by Gasteiger charge is 2.00. The molecule has 0 aliphatic heterocycles. The number of hydrogen-bond acceptors (Lipinski definition) is 4. The van der Waals surface area contributed by atoms with E-state index in [2.05, 4.69) is 20.6 Å². The summed E-state index contributed by atoms with van der Waals surface area (Å²) < 4.78 is 0. The number of nitrogens with zero attached hydrogens (tertiary/aromatic N) is 1. The minimum Gasteiger partial charge on any atom is -0.336 e. The third-order valence-corrected chi connectivity index (χ3v) is 2.51. The first-order valence-corrected chi connectivity index (χ1v) is 5.08. The molecule has 0 aromatic carbocycles. The Bertz CT molecular complexity index is 301. The second kappa shape index (κ2) is 5.56. The molecule has 1 rings (SSSR count). The van der Waals surface area contributed by atoms with E-state index in [1.807, 2.05) is 12.3 Å². The lowest BCUT2D eigenvalue weighted by molar-refractivity contribution is 0.107. The molecular formula is C8H13N3O2S. The molecular weight excluding hydrogens is 202 g/mol. The Morgan fingerprint density at radius 3 is 3.07 bits per heavy atom. The van der Waals surface area contributed by atoms with Crippen molar-refractivity contribution in [2.45, 2.75) is 13.3 Å². The van der Waals surface area contributed by atoms with Gasteiger partial charge in [0.05, 0.1) is 12.1 Å². The average Bonchev–Trinajstić information content (AvgIpc) is 2.52. The van der Waals surface area contributed by atoms with Gasteiger partial charge in [-0.3, -0.25) is 4.84 Å². The van der Waals surface area contributed by atoms with E-state index in [4.69, 9.17) is 0 Å². The van der Waals surface area contributed by atoms with Crippen LogP contribution in [0.1, 0.15) is 10.7 Å². The summed E-state index contributed by atoms with van der Waals surface area (Å²) in [5.74, 6) is 0. The number of hydrogen-bond donors (Lipinski definition) is 2. The molecule has 5 nitrogen and oxygen atoms in total. The number of aryl methyl sites for hydroxylation is 1. The van der Waals surface area contributed by atoms with Gasteiger partial charge in [0.1, 0.15) is 0 Å². The molecule has 0 saturated carbocycles. The number of nitrogens with one attached hydrogen (secondary N) is 2. The lowest BCUT2D eigenvalue weighted by Gasteiger charge is -2.03. The van der Waals surface area contributed by atoms with Crippen molar-refractivity contribution in [3.8, 4) is 0 Å². The lowest BCUT2D eigenvalue weighted by Crippen LogP contribution is -2.35. The summed E-state index contributed by atoms with van der Waals surface area (Å²) >= 11 is 1.60. The van der Waals surface area contributed by atoms with Crippen molar-refractivity contribution in [2.75, 3.05) is 13.7 Å². The highest BCUT2D eigenvalue weighted by Crippen LogP contribution is 2.08. The smallest absolute Gasteiger partial charge is 0.336 e. The number of amides is 2. The van der Waals surface area contributed by atoms with Crippen LogP contribution in [0.15, 0.2) is 5.38 Å². The van der Waals surface area contributed by atoms with Gasteiger partial charge in [-0.25, -0.2) is 15.3 Å². The zero-order chi connectivity index (χ0) is 10.4. The van der Waals surface area contributed by atoms with E-state index in [1.165, 1.54) is 7.11 Å². The molecule has 0 aliphatic rings. The minimum absolute atomic E-state index is 0.333. The first kappa shape index (κ1) is 10.9. The predicted octanol–water partition coefficient (Wildman–Crippen LogP) is 0.855. The number of carbonyl (C=O) groups is 1. The number of rotatable bonds is 4. The third-order valence-electron chi connectivity index (χ3n) is 1.49. The number of aromatic nitrogens is 1. The SMILES string of the molecule is CONC(=O)NCCc1nc(C)cs1. The van der Waals surface area contributed by atoms with Crippen molar-refractivity contribution >= 4 is 17.4 Å². The van der Waals surface area contributed by atoms with Crippen molar-refractivity contribution in [3.63, 3.8) is 0 Å². The molecule has 2 N–H and O–H groups in total. The number of hydroxylamine groups is 1. The maximum absolute atomic E-state index is 10.9. The van der Waals surface area contributed by atoms with Gasteiger partial charge in [-0.05, 0) is 6.92 Å². The molecule has 0 bridgehead atoms. The van der Waals surface area contributed by atoms with Crippen LogP contribution in [0, 0.1) is 6.92 Å².